The zero-order chi connectivity index (χ0) is 18.2. The van der Waals surface area contributed by atoms with Crippen LogP contribution in [-0.2, 0) is 6.42 Å². The minimum Gasteiger partial charge on any atom is -0.497 e. The lowest BCUT2D eigenvalue weighted by atomic mass is 10.1. The van der Waals surface area contributed by atoms with Crippen LogP contribution >= 0.6 is 0 Å². The maximum absolute atomic E-state index is 13.6. The van der Waals surface area contributed by atoms with Gasteiger partial charge in [0.05, 0.1) is 13.2 Å². The first-order valence-electron chi connectivity index (χ1n) is 8.09. The van der Waals surface area contributed by atoms with E-state index in [9.17, 15) is 14.3 Å². The predicted molar refractivity (Wildman–Crippen MR) is 94.1 cm³/mol. The van der Waals surface area contributed by atoms with Gasteiger partial charge in [0.15, 0.2) is 0 Å². The summed E-state index contributed by atoms with van der Waals surface area (Å²) in [6.45, 7) is 1.86. The van der Waals surface area contributed by atoms with Crippen LogP contribution in [0.5, 0.6) is 5.75 Å². The summed E-state index contributed by atoms with van der Waals surface area (Å²) in [4.78, 5) is 11.9. The van der Waals surface area contributed by atoms with Gasteiger partial charge in [-0.2, -0.15) is 0 Å². The number of carbonyl (C=O) groups is 1. The molecular formula is C19H23FN2O3. The molecule has 0 aliphatic rings. The highest BCUT2D eigenvalue weighted by Crippen LogP contribution is 2.18. The number of aliphatic hydroxyl groups is 1. The maximum Gasteiger partial charge on any atom is 0.315 e. The lowest BCUT2D eigenvalue weighted by Gasteiger charge is -2.17. The van der Waals surface area contributed by atoms with Gasteiger partial charge in [-0.1, -0.05) is 30.3 Å². The van der Waals surface area contributed by atoms with Gasteiger partial charge in [-0.3, -0.25) is 0 Å². The first-order chi connectivity index (χ1) is 12.0. The molecule has 2 atom stereocenters. The van der Waals surface area contributed by atoms with Crippen LogP contribution in [0.4, 0.5) is 9.18 Å². The number of hydrogen-bond acceptors (Lipinski definition) is 3. The van der Waals surface area contributed by atoms with Gasteiger partial charge < -0.3 is 20.5 Å². The monoisotopic (exact) mass is 346 g/mol. The minimum atomic E-state index is -0.845. The van der Waals surface area contributed by atoms with E-state index in [0.717, 1.165) is 0 Å². The summed E-state index contributed by atoms with van der Waals surface area (Å²) in [5, 5.41) is 15.5. The largest absolute Gasteiger partial charge is 0.497 e. The van der Waals surface area contributed by atoms with E-state index < -0.39 is 12.1 Å². The van der Waals surface area contributed by atoms with Crippen molar-refractivity contribution in [3.63, 3.8) is 0 Å². The Kier molecular flexibility index (Phi) is 6.77. The molecule has 0 saturated carbocycles. The highest BCUT2D eigenvalue weighted by Gasteiger charge is 2.13. The minimum absolute atomic E-state index is 0.0609. The number of aliphatic hydroxyl groups excluding tert-OH is 1. The van der Waals surface area contributed by atoms with Crippen molar-refractivity contribution in [2.75, 3.05) is 13.7 Å². The molecule has 5 nitrogen and oxygen atoms in total. The third-order valence-corrected chi connectivity index (χ3v) is 3.80. The molecule has 134 valence electrons. The van der Waals surface area contributed by atoms with Crippen LogP contribution in [0.3, 0.4) is 0 Å². The Bertz CT molecular complexity index is 709. The van der Waals surface area contributed by atoms with E-state index >= 15 is 0 Å². The molecule has 0 bridgehead atoms. The van der Waals surface area contributed by atoms with E-state index in [0.29, 0.717) is 23.3 Å². The molecule has 25 heavy (non-hydrogen) atoms. The topological polar surface area (TPSA) is 70.6 Å². The normalized spacial score (nSPS) is 13.0. The Balaban J connectivity index is 1.80. The number of urea groups is 1. The summed E-state index contributed by atoms with van der Waals surface area (Å²) < 4.78 is 18.7. The van der Waals surface area contributed by atoms with E-state index in [-0.39, 0.29) is 18.4 Å². The second kappa shape index (κ2) is 9.03. The van der Waals surface area contributed by atoms with Crippen LogP contribution in [0.15, 0.2) is 48.5 Å². The van der Waals surface area contributed by atoms with Crippen molar-refractivity contribution in [1.82, 2.24) is 10.6 Å². The van der Waals surface area contributed by atoms with Crippen molar-refractivity contribution in [2.45, 2.75) is 25.5 Å². The van der Waals surface area contributed by atoms with Gasteiger partial charge in [0.2, 0.25) is 0 Å². The fourth-order valence-electron chi connectivity index (χ4n) is 2.48. The van der Waals surface area contributed by atoms with E-state index in [2.05, 4.69) is 10.6 Å². The lowest BCUT2D eigenvalue weighted by molar-refractivity contribution is 0.172. The molecule has 0 heterocycles. The molecule has 2 aromatic carbocycles. The first kappa shape index (κ1) is 18.7. The highest BCUT2D eigenvalue weighted by atomic mass is 19.1. The van der Waals surface area contributed by atoms with Gasteiger partial charge in [0, 0.05) is 12.6 Å². The quantitative estimate of drug-likeness (QED) is 0.722. The maximum atomic E-state index is 13.6. The second-order valence-electron chi connectivity index (χ2n) is 5.84. The van der Waals surface area contributed by atoms with Crippen LogP contribution in [0.2, 0.25) is 0 Å². The van der Waals surface area contributed by atoms with Crippen molar-refractivity contribution < 1.29 is 19.0 Å². The van der Waals surface area contributed by atoms with E-state index in [1.807, 2.05) is 0 Å². The molecule has 2 rings (SSSR count). The van der Waals surface area contributed by atoms with Crippen molar-refractivity contribution in [2.24, 2.45) is 0 Å². The molecule has 0 radical (unpaired) electrons. The highest BCUT2D eigenvalue weighted by molar-refractivity contribution is 5.74. The van der Waals surface area contributed by atoms with Crippen molar-refractivity contribution in [3.05, 3.63) is 65.5 Å². The molecule has 0 spiro atoms. The number of nitrogens with one attached hydrogen (secondary N) is 2. The summed E-state index contributed by atoms with van der Waals surface area (Å²) >= 11 is 0. The van der Waals surface area contributed by atoms with Crippen LogP contribution in [0.25, 0.3) is 0 Å². The Morgan fingerprint density at radius 3 is 2.72 bits per heavy atom. The number of amides is 2. The van der Waals surface area contributed by atoms with Gasteiger partial charge in [0.1, 0.15) is 11.6 Å². The fraction of sp³-hybridized carbons (Fsp3) is 0.316. The third-order valence-electron chi connectivity index (χ3n) is 3.80. The van der Waals surface area contributed by atoms with Crippen LogP contribution < -0.4 is 15.4 Å². The Labute approximate surface area is 146 Å². The van der Waals surface area contributed by atoms with Crippen molar-refractivity contribution in [1.29, 1.82) is 0 Å². The average Bonchev–Trinajstić information content (AvgIpc) is 2.61. The summed E-state index contributed by atoms with van der Waals surface area (Å²) in [7, 11) is 1.55. The molecular weight excluding hydrogens is 323 g/mol. The predicted octanol–water partition coefficient (Wildman–Crippen LogP) is 2.80. The Morgan fingerprint density at radius 2 is 2.00 bits per heavy atom. The summed E-state index contributed by atoms with van der Waals surface area (Å²) in [5.74, 6) is 0.351. The molecule has 0 fully saturated rings. The number of methoxy groups -OCH3 is 1. The number of benzene rings is 2. The molecule has 2 unspecified atom stereocenters. The number of halogens is 1. The van der Waals surface area contributed by atoms with Gasteiger partial charge in [-0.05, 0) is 42.7 Å². The molecule has 6 heteroatoms. The smallest absolute Gasteiger partial charge is 0.315 e. The molecule has 2 aromatic rings. The molecule has 0 saturated heterocycles. The average molecular weight is 346 g/mol. The summed E-state index contributed by atoms with van der Waals surface area (Å²) in [6.07, 6.45) is -0.457. The first-order valence-corrected chi connectivity index (χ1v) is 8.09. The number of carbonyl (C=O) groups excluding carboxylic acids is 1. The second-order valence-corrected chi connectivity index (χ2v) is 5.84. The molecule has 0 aliphatic heterocycles. The van der Waals surface area contributed by atoms with Gasteiger partial charge in [0.25, 0.3) is 0 Å². The zero-order valence-electron chi connectivity index (χ0n) is 14.3. The molecule has 0 aliphatic carbocycles. The van der Waals surface area contributed by atoms with Crippen LogP contribution in [0, 0.1) is 5.82 Å². The standard InChI is InChI=1S/C19H23FN2O3/c1-13(10-14-6-3-4-9-17(14)20)22-19(24)21-12-18(23)15-7-5-8-16(11-15)25-2/h3-9,11,13,18,23H,10,12H2,1-2H3,(H2,21,22,24). The summed E-state index contributed by atoms with van der Waals surface area (Å²) in [5.41, 5.74) is 1.20. The van der Waals surface area contributed by atoms with Gasteiger partial charge in [-0.15, -0.1) is 0 Å². The SMILES string of the molecule is COc1cccc(C(O)CNC(=O)NC(C)Cc2ccccc2F)c1. The summed E-state index contributed by atoms with van der Waals surface area (Å²) in [6, 6.07) is 12.8. The molecule has 3 N–H and O–H groups in total. The van der Waals surface area contributed by atoms with Gasteiger partial charge >= 0.3 is 6.03 Å². The van der Waals surface area contributed by atoms with E-state index in [4.69, 9.17) is 4.74 Å². The van der Waals surface area contributed by atoms with Crippen molar-refractivity contribution in [3.8, 4) is 5.75 Å². The third kappa shape index (κ3) is 5.76. The van der Waals surface area contributed by atoms with Crippen LogP contribution in [0.1, 0.15) is 24.2 Å². The Hall–Kier alpha value is -2.60. The number of rotatable bonds is 7. The molecule has 2 amide bonds. The zero-order valence-corrected chi connectivity index (χ0v) is 14.3. The van der Waals surface area contributed by atoms with Gasteiger partial charge in [-0.25, -0.2) is 9.18 Å². The number of ether oxygens (including phenoxy) is 1. The number of hydrogen-bond donors (Lipinski definition) is 3. The Morgan fingerprint density at radius 1 is 1.24 bits per heavy atom. The molecule has 0 aromatic heterocycles. The van der Waals surface area contributed by atoms with E-state index in [1.165, 1.54) is 6.07 Å². The van der Waals surface area contributed by atoms with E-state index in [1.54, 1.807) is 56.5 Å². The lowest BCUT2D eigenvalue weighted by Crippen LogP contribution is -2.43. The van der Waals surface area contributed by atoms with Crippen molar-refractivity contribution >= 4 is 6.03 Å². The van der Waals surface area contributed by atoms with Crippen LogP contribution in [-0.4, -0.2) is 30.8 Å². The fourth-order valence-corrected chi connectivity index (χ4v) is 2.48.